The van der Waals surface area contributed by atoms with E-state index in [2.05, 4.69) is 31.0 Å². The molecule has 6 nitrogen and oxygen atoms in total. The van der Waals surface area contributed by atoms with Gasteiger partial charge in [-0.15, -0.1) is 0 Å². The number of rotatable bonds is 4. The van der Waals surface area contributed by atoms with Crippen LogP contribution < -0.4 is 10.0 Å². The van der Waals surface area contributed by atoms with Crippen LogP contribution in [0.1, 0.15) is 6.92 Å². The SMILES string of the molecule is CC(=O)Nc1ccc(S(=O)(=O)Nc2ccncc2Br)cc1. The first-order valence-electron chi connectivity index (χ1n) is 5.88. The highest BCUT2D eigenvalue weighted by Gasteiger charge is 2.15. The number of halogens is 1. The Morgan fingerprint density at radius 1 is 1.19 bits per heavy atom. The minimum Gasteiger partial charge on any atom is -0.326 e. The molecule has 1 heterocycles. The van der Waals surface area contributed by atoms with Crippen LogP contribution in [0, 0.1) is 0 Å². The Morgan fingerprint density at radius 2 is 1.86 bits per heavy atom. The maximum atomic E-state index is 12.2. The summed E-state index contributed by atoms with van der Waals surface area (Å²) in [7, 11) is -3.70. The van der Waals surface area contributed by atoms with Gasteiger partial charge in [0.2, 0.25) is 5.91 Å². The lowest BCUT2D eigenvalue weighted by molar-refractivity contribution is -0.114. The lowest BCUT2D eigenvalue weighted by Crippen LogP contribution is -2.13. The molecular weight excluding hydrogens is 358 g/mol. The predicted octanol–water partition coefficient (Wildman–Crippen LogP) is 2.60. The van der Waals surface area contributed by atoms with E-state index in [4.69, 9.17) is 0 Å². The fourth-order valence-corrected chi connectivity index (χ4v) is 3.14. The molecule has 2 aromatic rings. The first kappa shape index (κ1) is 15.5. The number of nitrogens with zero attached hydrogens (tertiary/aromatic N) is 1. The van der Waals surface area contributed by atoms with Crippen LogP contribution in [0.25, 0.3) is 0 Å². The highest BCUT2D eigenvalue weighted by Crippen LogP contribution is 2.24. The zero-order valence-electron chi connectivity index (χ0n) is 11.0. The second-order valence-corrected chi connectivity index (χ2v) is 6.70. The standard InChI is InChI=1S/C13H12BrN3O3S/c1-9(18)16-10-2-4-11(5-3-10)21(19,20)17-13-6-7-15-8-12(13)14/h2-8H,1H3,(H,15,17)(H,16,18). The molecule has 0 fully saturated rings. The van der Waals surface area contributed by atoms with Crippen molar-refractivity contribution in [2.24, 2.45) is 0 Å². The summed E-state index contributed by atoms with van der Waals surface area (Å²) in [5.74, 6) is -0.218. The van der Waals surface area contributed by atoms with Gasteiger partial charge in [0, 0.05) is 25.0 Å². The molecule has 2 N–H and O–H groups in total. The van der Waals surface area contributed by atoms with Crippen molar-refractivity contribution in [3.05, 3.63) is 47.2 Å². The van der Waals surface area contributed by atoms with E-state index in [1.807, 2.05) is 0 Å². The fourth-order valence-electron chi connectivity index (χ4n) is 1.58. The molecule has 0 radical (unpaired) electrons. The molecule has 0 saturated heterocycles. The fraction of sp³-hybridized carbons (Fsp3) is 0.0769. The molecule has 110 valence electrons. The second kappa shape index (κ2) is 6.23. The van der Waals surface area contributed by atoms with Gasteiger partial charge in [0.05, 0.1) is 15.1 Å². The van der Waals surface area contributed by atoms with Crippen molar-refractivity contribution in [1.29, 1.82) is 0 Å². The summed E-state index contributed by atoms with van der Waals surface area (Å²) in [5.41, 5.74) is 0.933. The van der Waals surface area contributed by atoms with Gasteiger partial charge in [-0.25, -0.2) is 8.42 Å². The van der Waals surface area contributed by atoms with Crippen LogP contribution in [-0.2, 0) is 14.8 Å². The number of sulfonamides is 1. The van der Waals surface area contributed by atoms with E-state index in [9.17, 15) is 13.2 Å². The highest BCUT2D eigenvalue weighted by molar-refractivity contribution is 9.10. The summed E-state index contributed by atoms with van der Waals surface area (Å²) in [4.78, 5) is 14.9. The molecule has 2 rings (SSSR count). The van der Waals surface area contributed by atoms with E-state index in [1.165, 1.54) is 43.6 Å². The minimum atomic E-state index is -3.70. The Bertz CT molecular complexity index is 760. The number of aromatic nitrogens is 1. The van der Waals surface area contributed by atoms with Crippen LogP contribution >= 0.6 is 15.9 Å². The molecule has 0 aliphatic rings. The van der Waals surface area contributed by atoms with Crippen molar-refractivity contribution in [1.82, 2.24) is 4.98 Å². The number of hydrogen-bond donors (Lipinski definition) is 2. The summed E-state index contributed by atoms with van der Waals surface area (Å²) < 4.78 is 27.5. The van der Waals surface area contributed by atoms with E-state index < -0.39 is 10.0 Å². The maximum absolute atomic E-state index is 12.2. The van der Waals surface area contributed by atoms with Gasteiger partial charge in [0.25, 0.3) is 10.0 Å². The van der Waals surface area contributed by atoms with Gasteiger partial charge in [-0.05, 0) is 46.3 Å². The molecule has 1 aromatic carbocycles. The third-order valence-corrected chi connectivity index (χ3v) is 4.52. The zero-order valence-corrected chi connectivity index (χ0v) is 13.4. The van der Waals surface area contributed by atoms with Crippen LogP contribution in [-0.4, -0.2) is 19.3 Å². The average Bonchev–Trinajstić information content (AvgIpc) is 2.41. The van der Waals surface area contributed by atoms with Crippen molar-refractivity contribution in [3.8, 4) is 0 Å². The Morgan fingerprint density at radius 3 is 2.43 bits per heavy atom. The number of carbonyl (C=O) groups excluding carboxylic acids is 1. The maximum Gasteiger partial charge on any atom is 0.261 e. The first-order chi connectivity index (χ1) is 9.88. The lowest BCUT2D eigenvalue weighted by Gasteiger charge is -2.10. The average molecular weight is 370 g/mol. The van der Waals surface area contributed by atoms with Crippen molar-refractivity contribution in [3.63, 3.8) is 0 Å². The van der Waals surface area contributed by atoms with Crippen molar-refractivity contribution in [2.75, 3.05) is 10.0 Å². The van der Waals surface area contributed by atoms with Gasteiger partial charge in [0.15, 0.2) is 0 Å². The number of pyridine rings is 1. The first-order valence-corrected chi connectivity index (χ1v) is 8.16. The Balaban J connectivity index is 2.24. The van der Waals surface area contributed by atoms with Gasteiger partial charge in [-0.3, -0.25) is 14.5 Å². The number of nitrogens with one attached hydrogen (secondary N) is 2. The van der Waals surface area contributed by atoms with Crippen LogP contribution in [0.2, 0.25) is 0 Å². The van der Waals surface area contributed by atoms with Gasteiger partial charge in [-0.2, -0.15) is 0 Å². The van der Waals surface area contributed by atoms with E-state index in [1.54, 1.807) is 6.07 Å². The number of hydrogen-bond acceptors (Lipinski definition) is 4. The van der Waals surface area contributed by atoms with E-state index in [0.29, 0.717) is 15.8 Å². The quantitative estimate of drug-likeness (QED) is 0.866. The molecule has 0 unspecified atom stereocenters. The van der Waals surface area contributed by atoms with E-state index in [0.717, 1.165) is 0 Å². The molecule has 1 amide bonds. The predicted molar refractivity (Wildman–Crippen MR) is 83.5 cm³/mol. The summed E-state index contributed by atoms with van der Waals surface area (Å²) >= 11 is 3.22. The summed E-state index contributed by atoms with van der Waals surface area (Å²) in [6.07, 6.45) is 2.99. The van der Waals surface area contributed by atoms with Gasteiger partial charge in [0.1, 0.15) is 0 Å². The Kier molecular flexibility index (Phi) is 4.59. The number of benzene rings is 1. The molecule has 0 atom stereocenters. The molecule has 0 aliphatic heterocycles. The Labute approximate surface area is 130 Å². The molecule has 0 saturated carbocycles. The van der Waals surface area contributed by atoms with Crippen molar-refractivity contribution in [2.45, 2.75) is 11.8 Å². The molecule has 0 spiro atoms. The van der Waals surface area contributed by atoms with Crippen molar-refractivity contribution >= 4 is 43.2 Å². The highest BCUT2D eigenvalue weighted by atomic mass is 79.9. The third kappa shape index (κ3) is 4.02. The number of anilines is 2. The lowest BCUT2D eigenvalue weighted by atomic mass is 10.3. The summed E-state index contributed by atoms with van der Waals surface area (Å²) in [6, 6.07) is 7.44. The van der Waals surface area contributed by atoms with Gasteiger partial charge in [-0.1, -0.05) is 0 Å². The largest absolute Gasteiger partial charge is 0.326 e. The monoisotopic (exact) mass is 369 g/mol. The van der Waals surface area contributed by atoms with E-state index in [-0.39, 0.29) is 10.8 Å². The van der Waals surface area contributed by atoms with Crippen LogP contribution in [0.5, 0.6) is 0 Å². The normalized spacial score (nSPS) is 11.0. The summed E-state index contributed by atoms with van der Waals surface area (Å²) in [6.45, 7) is 1.38. The molecular formula is C13H12BrN3O3S. The number of carbonyl (C=O) groups is 1. The second-order valence-electron chi connectivity index (χ2n) is 4.17. The van der Waals surface area contributed by atoms with Crippen LogP contribution in [0.15, 0.2) is 52.1 Å². The van der Waals surface area contributed by atoms with Gasteiger partial charge < -0.3 is 5.32 Å². The van der Waals surface area contributed by atoms with Crippen LogP contribution in [0.4, 0.5) is 11.4 Å². The molecule has 8 heteroatoms. The summed E-state index contributed by atoms with van der Waals surface area (Å²) in [5, 5.41) is 2.57. The minimum absolute atomic E-state index is 0.0975. The van der Waals surface area contributed by atoms with Gasteiger partial charge >= 0.3 is 0 Å². The number of amides is 1. The molecule has 21 heavy (non-hydrogen) atoms. The third-order valence-electron chi connectivity index (χ3n) is 2.50. The van der Waals surface area contributed by atoms with E-state index >= 15 is 0 Å². The molecule has 1 aromatic heterocycles. The topological polar surface area (TPSA) is 88.2 Å². The Hall–Kier alpha value is -1.93. The van der Waals surface area contributed by atoms with Crippen molar-refractivity contribution < 1.29 is 13.2 Å². The smallest absolute Gasteiger partial charge is 0.261 e. The zero-order chi connectivity index (χ0) is 15.5. The van der Waals surface area contributed by atoms with Crippen LogP contribution in [0.3, 0.4) is 0 Å². The molecule has 0 bridgehead atoms. The molecule has 0 aliphatic carbocycles.